The number of rotatable bonds is 3. The van der Waals surface area contributed by atoms with Crippen molar-refractivity contribution >= 4 is 15.9 Å². The molecule has 2 rings (SSSR count). The second kappa shape index (κ2) is 6.28. The van der Waals surface area contributed by atoms with Crippen LogP contribution in [0.5, 0.6) is 0 Å². The highest BCUT2D eigenvalue weighted by Crippen LogP contribution is 2.15. The van der Waals surface area contributed by atoms with Crippen molar-refractivity contribution in [1.29, 1.82) is 0 Å². The smallest absolute Gasteiger partial charge is 0.253 e. The minimum absolute atomic E-state index is 0.115. The first-order valence-electron chi connectivity index (χ1n) is 6.29. The summed E-state index contributed by atoms with van der Waals surface area (Å²) in [6, 6.07) is 4.83. The molecule has 122 valence electrons. The second-order valence-corrected chi connectivity index (χ2v) is 6.41. The van der Waals surface area contributed by atoms with Crippen molar-refractivity contribution in [3.63, 3.8) is 0 Å². The molecule has 0 radical (unpaired) electrons. The molecule has 0 spiro atoms. The Morgan fingerprint density at radius 3 is 2.32 bits per heavy atom. The van der Waals surface area contributed by atoms with E-state index in [9.17, 15) is 28.5 Å². The highest BCUT2D eigenvalue weighted by Gasteiger charge is 2.38. The highest BCUT2D eigenvalue weighted by molar-refractivity contribution is 7.89. The summed E-state index contributed by atoms with van der Waals surface area (Å²) >= 11 is 0. The molecule has 10 heteroatoms. The summed E-state index contributed by atoms with van der Waals surface area (Å²) in [5.74, 6) is -0.645. The summed E-state index contributed by atoms with van der Waals surface area (Å²) in [5.41, 5.74) is 0.115. The van der Waals surface area contributed by atoms with E-state index < -0.39 is 40.5 Å². The van der Waals surface area contributed by atoms with E-state index in [0.29, 0.717) is 0 Å². The second-order valence-electron chi connectivity index (χ2n) is 4.85. The number of nitrogens with two attached hydrogens (primary N) is 1. The average molecular weight is 332 g/mol. The van der Waals surface area contributed by atoms with E-state index in [4.69, 9.17) is 9.88 Å². The van der Waals surface area contributed by atoms with Crippen molar-refractivity contribution in [2.75, 3.05) is 6.61 Å². The lowest BCUT2D eigenvalue weighted by atomic mass is 10.0. The van der Waals surface area contributed by atoms with Gasteiger partial charge in [-0.05, 0) is 24.3 Å². The lowest BCUT2D eigenvalue weighted by Crippen LogP contribution is -2.58. The zero-order valence-electron chi connectivity index (χ0n) is 11.3. The van der Waals surface area contributed by atoms with Crippen molar-refractivity contribution in [2.24, 2.45) is 5.14 Å². The van der Waals surface area contributed by atoms with Gasteiger partial charge in [-0.3, -0.25) is 4.79 Å². The van der Waals surface area contributed by atoms with E-state index in [-0.39, 0.29) is 17.1 Å². The maximum absolute atomic E-state index is 12.0. The number of aliphatic hydroxyl groups is 3. The fourth-order valence-corrected chi connectivity index (χ4v) is 2.46. The number of aliphatic hydroxyl groups excluding tert-OH is 3. The van der Waals surface area contributed by atoms with E-state index in [0.717, 1.165) is 0 Å². The summed E-state index contributed by atoms with van der Waals surface area (Å²) in [4.78, 5) is 11.8. The fourth-order valence-electron chi connectivity index (χ4n) is 1.94. The van der Waals surface area contributed by atoms with Crippen LogP contribution in [0, 0.1) is 0 Å². The van der Waals surface area contributed by atoms with Crippen LogP contribution in [0.3, 0.4) is 0 Å². The molecule has 0 saturated carbocycles. The third-order valence-corrected chi connectivity index (χ3v) is 4.15. The van der Waals surface area contributed by atoms with Gasteiger partial charge in [-0.15, -0.1) is 0 Å². The SMILES string of the molecule is NS(=O)(=O)c1ccc(C(=O)N[C@@H]2OC[C@@H](O)[C@H](O)[C@H]2O)cc1. The van der Waals surface area contributed by atoms with Crippen molar-refractivity contribution in [3.8, 4) is 0 Å². The molecule has 1 saturated heterocycles. The maximum atomic E-state index is 12.0. The predicted molar refractivity (Wildman–Crippen MR) is 73.0 cm³/mol. The van der Waals surface area contributed by atoms with Gasteiger partial charge in [0.15, 0.2) is 6.23 Å². The number of hydrogen-bond acceptors (Lipinski definition) is 7. The van der Waals surface area contributed by atoms with Crippen LogP contribution in [-0.4, -0.2) is 60.8 Å². The Bertz CT molecular complexity index is 646. The molecule has 0 aliphatic carbocycles. The number of primary sulfonamides is 1. The van der Waals surface area contributed by atoms with Crippen LogP contribution < -0.4 is 10.5 Å². The lowest BCUT2D eigenvalue weighted by molar-refractivity contribution is -0.191. The predicted octanol–water partition coefficient (Wildman–Crippen LogP) is -2.50. The van der Waals surface area contributed by atoms with Gasteiger partial charge in [0.1, 0.15) is 18.3 Å². The number of sulfonamides is 1. The topological polar surface area (TPSA) is 159 Å². The number of carbonyl (C=O) groups excluding carboxylic acids is 1. The first kappa shape index (κ1) is 16.8. The first-order chi connectivity index (χ1) is 10.2. The standard InChI is InChI=1S/C12H16N2O7S/c13-22(19,20)7-3-1-6(2-4-7)11(18)14-12-10(17)9(16)8(15)5-21-12/h1-4,8-10,12,15-17H,5H2,(H,14,18)(H2,13,19,20)/t8-,9+,10-,12-/m1/s1. The van der Waals surface area contributed by atoms with Crippen LogP contribution in [0.4, 0.5) is 0 Å². The number of benzene rings is 1. The monoisotopic (exact) mass is 332 g/mol. The molecule has 6 N–H and O–H groups in total. The van der Waals surface area contributed by atoms with Crippen LogP contribution in [0.15, 0.2) is 29.2 Å². The molecular weight excluding hydrogens is 316 g/mol. The van der Waals surface area contributed by atoms with E-state index >= 15 is 0 Å². The summed E-state index contributed by atoms with van der Waals surface area (Å²) in [5, 5.41) is 35.8. The van der Waals surface area contributed by atoms with Gasteiger partial charge in [0.05, 0.1) is 11.5 Å². The van der Waals surface area contributed by atoms with Crippen LogP contribution in [0.1, 0.15) is 10.4 Å². The van der Waals surface area contributed by atoms with Crippen LogP contribution in [-0.2, 0) is 14.8 Å². The largest absolute Gasteiger partial charge is 0.388 e. The van der Waals surface area contributed by atoms with Gasteiger partial charge >= 0.3 is 0 Å². The molecule has 0 unspecified atom stereocenters. The van der Waals surface area contributed by atoms with Gasteiger partial charge in [-0.2, -0.15) is 0 Å². The van der Waals surface area contributed by atoms with E-state index in [1.165, 1.54) is 24.3 Å². The van der Waals surface area contributed by atoms with E-state index in [1.54, 1.807) is 0 Å². The number of hydrogen-bond donors (Lipinski definition) is 5. The molecule has 22 heavy (non-hydrogen) atoms. The highest BCUT2D eigenvalue weighted by atomic mass is 32.2. The van der Waals surface area contributed by atoms with Crippen molar-refractivity contribution in [1.82, 2.24) is 5.32 Å². The van der Waals surface area contributed by atoms with Gasteiger partial charge in [0.2, 0.25) is 10.0 Å². The zero-order valence-corrected chi connectivity index (χ0v) is 12.1. The number of carbonyl (C=O) groups is 1. The van der Waals surface area contributed by atoms with Gasteiger partial charge in [0, 0.05) is 5.56 Å². The molecule has 1 aromatic carbocycles. The van der Waals surface area contributed by atoms with Crippen molar-refractivity contribution in [3.05, 3.63) is 29.8 Å². The molecule has 0 aromatic heterocycles. The molecule has 0 bridgehead atoms. The molecule has 1 amide bonds. The number of amides is 1. The number of ether oxygens (including phenoxy) is 1. The van der Waals surface area contributed by atoms with E-state index in [1.807, 2.05) is 0 Å². The Balaban J connectivity index is 2.06. The molecule has 9 nitrogen and oxygen atoms in total. The Labute approximate surface area is 126 Å². The third kappa shape index (κ3) is 3.61. The molecule has 1 aromatic rings. The molecule has 4 atom stereocenters. The van der Waals surface area contributed by atoms with Crippen LogP contribution in [0.25, 0.3) is 0 Å². The Morgan fingerprint density at radius 1 is 1.18 bits per heavy atom. The molecule has 1 aliphatic heterocycles. The number of nitrogens with one attached hydrogen (secondary N) is 1. The minimum atomic E-state index is -3.85. The van der Waals surface area contributed by atoms with Crippen molar-refractivity contribution < 1.29 is 33.3 Å². The Kier molecular flexibility index (Phi) is 4.80. The zero-order chi connectivity index (χ0) is 16.5. The molecule has 1 aliphatic rings. The molecule has 1 fully saturated rings. The Hall–Kier alpha value is -1.56. The van der Waals surface area contributed by atoms with E-state index in [2.05, 4.69) is 5.32 Å². The molecular formula is C12H16N2O7S. The lowest BCUT2D eigenvalue weighted by Gasteiger charge is -2.35. The summed E-state index contributed by atoms with van der Waals surface area (Å²) in [7, 11) is -3.85. The maximum Gasteiger partial charge on any atom is 0.253 e. The van der Waals surface area contributed by atoms with Crippen LogP contribution in [0.2, 0.25) is 0 Å². The van der Waals surface area contributed by atoms with Gasteiger partial charge in [-0.25, -0.2) is 13.6 Å². The normalized spacial score (nSPS) is 29.1. The third-order valence-electron chi connectivity index (χ3n) is 3.22. The van der Waals surface area contributed by atoms with Gasteiger partial charge < -0.3 is 25.4 Å². The average Bonchev–Trinajstić information content (AvgIpc) is 2.47. The van der Waals surface area contributed by atoms with Gasteiger partial charge in [-0.1, -0.05) is 0 Å². The minimum Gasteiger partial charge on any atom is -0.388 e. The van der Waals surface area contributed by atoms with Crippen molar-refractivity contribution in [2.45, 2.75) is 29.4 Å². The Morgan fingerprint density at radius 2 is 1.77 bits per heavy atom. The molecule has 1 heterocycles. The first-order valence-corrected chi connectivity index (χ1v) is 7.84. The summed E-state index contributed by atoms with van der Waals surface area (Å²) < 4.78 is 27.3. The quantitative estimate of drug-likeness (QED) is 0.409. The summed E-state index contributed by atoms with van der Waals surface area (Å²) in [6.07, 6.45) is -5.36. The van der Waals surface area contributed by atoms with Crippen LogP contribution >= 0.6 is 0 Å². The fraction of sp³-hybridized carbons (Fsp3) is 0.417. The van der Waals surface area contributed by atoms with Gasteiger partial charge in [0.25, 0.3) is 5.91 Å². The summed E-state index contributed by atoms with van der Waals surface area (Å²) in [6.45, 7) is -0.243.